The number of hydrogen-bond acceptors (Lipinski definition) is 3. The predicted octanol–water partition coefficient (Wildman–Crippen LogP) is 5.24. The number of nitrogens with one attached hydrogen (secondary N) is 1. The summed E-state index contributed by atoms with van der Waals surface area (Å²) < 4.78 is 28.4. The zero-order valence-electron chi connectivity index (χ0n) is 15.5. The van der Waals surface area contributed by atoms with Crippen LogP contribution in [0.1, 0.15) is 5.56 Å². The maximum absolute atomic E-state index is 13.3. The van der Waals surface area contributed by atoms with Gasteiger partial charge in [0.1, 0.15) is 6.54 Å². The zero-order valence-corrected chi connectivity index (χ0v) is 18.6. The Morgan fingerprint density at radius 1 is 1.03 bits per heavy atom. The van der Waals surface area contributed by atoms with E-state index in [-0.39, 0.29) is 11.4 Å². The number of carbonyl (C=O) groups is 1. The number of rotatable bonds is 6. The molecule has 0 saturated heterocycles. The van der Waals surface area contributed by atoms with Crippen molar-refractivity contribution in [2.24, 2.45) is 0 Å². The van der Waals surface area contributed by atoms with Crippen molar-refractivity contribution in [3.05, 3.63) is 87.9 Å². The molecule has 0 fully saturated rings. The van der Waals surface area contributed by atoms with Gasteiger partial charge < -0.3 is 5.32 Å². The van der Waals surface area contributed by atoms with E-state index in [4.69, 9.17) is 11.6 Å². The topological polar surface area (TPSA) is 66.5 Å². The summed E-state index contributed by atoms with van der Waals surface area (Å²) in [7, 11) is -3.94. The van der Waals surface area contributed by atoms with Crippen LogP contribution >= 0.6 is 27.5 Å². The molecule has 3 aromatic carbocycles. The van der Waals surface area contributed by atoms with E-state index in [9.17, 15) is 13.2 Å². The Morgan fingerprint density at radius 2 is 1.69 bits per heavy atom. The smallest absolute Gasteiger partial charge is 0.264 e. The van der Waals surface area contributed by atoms with Crippen molar-refractivity contribution >= 4 is 54.8 Å². The zero-order chi connectivity index (χ0) is 21.0. The van der Waals surface area contributed by atoms with E-state index in [0.717, 1.165) is 9.87 Å². The van der Waals surface area contributed by atoms with Crippen LogP contribution in [0, 0.1) is 6.92 Å². The molecule has 5 nitrogen and oxygen atoms in total. The molecule has 0 radical (unpaired) electrons. The minimum atomic E-state index is -3.94. The van der Waals surface area contributed by atoms with Crippen LogP contribution in [0.15, 0.2) is 82.2 Å². The van der Waals surface area contributed by atoms with Crippen molar-refractivity contribution in [2.45, 2.75) is 11.8 Å². The van der Waals surface area contributed by atoms with Gasteiger partial charge >= 0.3 is 0 Å². The maximum atomic E-state index is 13.3. The second-order valence-corrected chi connectivity index (χ2v) is 9.41. The van der Waals surface area contributed by atoms with Gasteiger partial charge in [-0.15, -0.1) is 0 Å². The molecule has 29 heavy (non-hydrogen) atoms. The number of carbonyl (C=O) groups excluding carboxylic acids is 1. The van der Waals surface area contributed by atoms with E-state index in [1.165, 1.54) is 12.1 Å². The van der Waals surface area contributed by atoms with Gasteiger partial charge in [-0.2, -0.15) is 0 Å². The molecule has 0 spiro atoms. The van der Waals surface area contributed by atoms with E-state index in [2.05, 4.69) is 21.2 Å². The third kappa shape index (κ3) is 4.98. The van der Waals surface area contributed by atoms with E-state index in [1.54, 1.807) is 61.5 Å². The van der Waals surface area contributed by atoms with Crippen molar-refractivity contribution in [2.75, 3.05) is 16.2 Å². The maximum Gasteiger partial charge on any atom is 0.264 e. The standard InChI is InChI=1S/C21H18BrClN2O3S/c1-15-7-5-6-10-20(15)25(29(27,28)17-8-3-2-4-9-17)14-21(26)24-16-11-12-18(22)19(23)13-16/h2-13H,14H2,1H3,(H,24,26). The Kier molecular flexibility index (Phi) is 6.62. The summed E-state index contributed by atoms with van der Waals surface area (Å²) in [6, 6.07) is 20.1. The normalized spacial score (nSPS) is 11.1. The number of sulfonamides is 1. The highest BCUT2D eigenvalue weighted by molar-refractivity contribution is 9.10. The molecule has 0 unspecified atom stereocenters. The molecule has 150 valence electrons. The Morgan fingerprint density at radius 3 is 2.34 bits per heavy atom. The van der Waals surface area contributed by atoms with Crippen LogP contribution in [-0.2, 0) is 14.8 Å². The van der Waals surface area contributed by atoms with Crippen LogP contribution in [-0.4, -0.2) is 20.9 Å². The van der Waals surface area contributed by atoms with E-state index < -0.39 is 15.9 Å². The molecule has 0 aliphatic rings. The average molecular weight is 494 g/mol. The first-order valence-electron chi connectivity index (χ1n) is 8.67. The first-order valence-corrected chi connectivity index (χ1v) is 11.3. The second kappa shape index (κ2) is 8.98. The summed E-state index contributed by atoms with van der Waals surface area (Å²) in [5.74, 6) is -0.480. The van der Waals surface area contributed by atoms with Gasteiger partial charge in [0.2, 0.25) is 5.91 Å². The molecule has 3 aromatic rings. The fourth-order valence-corrected chi connectivity index (χ4v) is 4.70. The number of anilines is 2. The average Bonchev–Trinajstić information content (AvgIpc) is 2.70. The van der Waals surface area contributed by atoms with Crippen LogP contribution in [0.5, 0.6) is 0 Å². The lowest BCUT2D eigenvalue weighted by Gasteiger charge is -2.25. The number of para-hydroxylation sites is 1. The quantitative estimate of drug-likeness (QED) is 0.510. The van der Waals surface area contributed by atoms with Crippen molar-refractivity contribution in [1.82, 2.24) is 0 Å². The molecular formula is C21H18BrClN2O3S. The van der Waals surface area contributed by atoms with Gasteiger partial charge in [0.15, 0.2) is 0 Å². The van der Waals surface area contributed by atoms with Crippen molar-refractivity contribution in [3.63, 3.8) is 0 Å². The third-order valence-electron chi connectivity index (χ3n) is 4.21. The summed E-state index contributed by atoms with van der Waals surface area (Å²) in [4.78, 5) is 12.8. The lowest BCUT2D eigenvalue weighted by molar-refractivity contribution is -0.114. The Balaban J connectivity index is 1.94. The van der Waals surface area contributed by atoms with Crippen LogP contribution < -0.4 is 9.62 Å². The van der Waals surface area contributed by atoms with Crippen molar-refractivity contribution in [3.8, 4) is 0 Å². The molecule has 0 aromatic heterocycles. The highest BCUT2D eigenvalue weighted by Gasteiger charge is 2.28. The number of halogens is 2. The minimum absolute atomic E-state index is 0.114. The molecule has 3 rings (SSSR count). The summed E-state index contributed by atoms with van der Waals surface area (Å²) in [6.45, 7) is 1.42. The number of amides is 1. The Bertz CT molecular complexity index is 1140. The summed E-state index contributed by atoms with van der Waals surface area (Å²) in [5.41, 5.74) is 1.66. The van der Waals surface area contributed by atoms with Gasteiger partial charge in [0.05, 0.1) is 15.6 Å². The highest BCUT2D eigenvalue weighted by Crippen LogP contribution is 2.28. The number of hydrogen-bond donors (Lipinski definition) is 1. The number of benzene rings is 3. The molecule has 8 heteroatoms. The largest absolute Gasteiger partial charge is 0.324 e. The minimum Gasteiger partial charge on any atom is -0.324 e. The molecule has 0 bridgehead atoms. The van der Waals surface area contributed by atoms with Gasteiger partial charge in [-0.3, -0.25) is 9.10 Å². The van der Waals surface area contributed by atoms with Gasteiger partial charge in [-0.1, -0.05) is 48.0 Å². The second-order valence-electron chi connectivity index (χ2n) is 6.29. The monoisotopic (exact) mass is 492 g/mol. The summed E-state index contributed by atoms with van der Waals surface area (Å²) in [5, 5.41) is 3.14. The molecule has 1 N–H and O–H groups in total. The van der Waals surface area contributed by atoms with Gasteiger partial charge in [-0.25, -0.2) is 8.42 Å². The molecule has 0 saturated carbocycles. The number of aryl methyl sites for hydroxylation is 1. The van der Waals surface area contributed by atoms with E-state index >= 15 is 0 Å². The number of nitrogens with zero attached hydrogens (tertiary/aromatic N) is 1. The van der Waals surface area contributed by atoms with Gasteiger partial charge in [-0.05, 0) is 64.8 Å². The van der Waals surface area contributed by atoms with E-state index in [0.29, 0.717) is 20.9 Å². The molecule has 0 aliphatic carbocycles. The molecule has 0 aliphatic heterocycles. The van der Waals surface area contributed by atoms with Gasteiger partial charge in [0.25, 0.3) is 10.0 Å². The molecule has 0 atom stereocenters. The van der Waals surface area contributed by atoms with Gasteiger partial charge in [0, 0.05) is 10.2 Å². The molecule has 1 amide bonds. The van der Waals surface area contributed by atoms with Crippen LogP contribution in [0.3, 0.4) is 0 Å². The fourth-order valence-electron chi connectivity index (χ4n) is 2.77. The van der Waals surface area contributed by atoms with E-state index in [1.807, 2.05) is 6.07 Å². The fraction of sp³-hybridized carbons (Fsp3) is 0.0952. The lowest BCUT2D eigenvalue weighted by atomic mass is 10.2. The van der Waals surface area contributed by atoms with Crippen LogP contribution in [0.2, 0.25) is 5.02 Å². The Hall–Kier alpha value is -2.35. The highest BCUT2D eigenvalue weighted by atomic mass is 79.9. The molecule has 0 heterocycles. The van der Waals surface area contributed by atoms with Crippen LogP contribution in [0.25, 0.3) is 0 Å². The summed E-state index contributed by atoms with van der Waals surface area (Å²) in [6.07, 6.45) is 0. The Labute approximate surface area is 183 Å². The predicted molar refractivity (Wildman–Crippen MR) is 120 cm³/mol. The summed E-state index contributed by atoms with van der Waals surface area (Å²) >= 11 is 9.36. The van der Waals surface area contributed by atoms with Crippen molar-refractivity contribution in [1.29, 1.82) is 0 Å². The first-order chi connectivity index (χ1) is 13.8. The first kappa shape index (κ1) is 21.4. The third-order valence-corrected chi connectivity index (χ3v) is 7.21. The SMILES string of the molecule is Cc1ccccc1N(CC(=O)Nc1ccc(Br)c(Cl)c1)S(=O)(=O)c1ccccc1. The van der Waals surface area contributed by atoms with Crippen LogP contribution in [0.4, 0.5) is 11.4 Å². The lowest BCUT2D eigenvalue weighted by Crippen LogP contribution is -2.38. The molecular weight excluding hydrogens is 476 g/mol. The van der Waals surface area contributed by atoms with Crippen molar-refractivity contribution < 1.29 is 13.2 Å².